The summed E-state index contributed by atoms with van der Waals surface area (Å²) < 4.78 is 2.80. The number of aromatic nitrogens is 2. The highest BCUT2D eigenvalue weighted by Gasteiger charge is 2.06. The van der Waals surface area contributed by atoms with Crippen molar-refractivity contribution in [1.82, 2.24) is 15.1 Å². The number of rotatable bonds is 3. The molecule has 2 aromatic rings. The normalized spacial score (nSPS) is 10.7. The van der Waals surface area contributed by atoms with Crippen molar-refractivity contribution < 1.29 is 0 Å². The van der Waals surface area contributed by atoms with Gasteiger partial charge in [0.05, 0.1) is 16.9 Å². The summed E-state index contributed by atoms with van der Waals surface area (Å²) in [6.45, 7) is 0.792. The Morgan fingerprint density at radius 2 is 2.31 bits per heavy atom. The van der Waals surface area contributed by atoms with Crippen molar-refractivity contribution in [3.63, 3.8) is 0 Å². The van der Waals surface area contributed by atoms with E-state index in [0.717, 1.165) is 16.7 Å². The quantitative estimate of drug-likeness (QED) is 0.944. The lowest BCUT2D eigenvalue weighted by Crippen LogP contribution is -2.09. The molecule has 2 rings (SSSR count). The molecule has 1 aromatic carbocycles. The Bertz CT molecular complexity index is 496. The summed E-state index contributed by atoms with van der Waals surface area (Å²) in [5.41, 5.74) is 2.20. The highest BCUT2D eigenvalue weighted by Crippen LogP contribution is 2.21. The van der Waals surface area contributed by atoms with Gasteiger partial charge < -0.3 is 5.32 Å². The van der Waals surface area contributed by atoms with Crippen molar-refractivity contribution in [1.29, 1.82) is 0 Å². The number of benzene rings is 1. The molecule has 0 amide bonds. The predicted octanol–water partition coefficient (Wildman–Crippen LogP) is 3.01. The summed E-state index contributed by atoms with van der Waals surface area (Å²) in [5.74, 6) is 0. The number of halogens is 2. The zero-order valence-electron chi connectivity index (χ0n) is 8.74. The molecule has 0 aliphatic rings. The Kier molecular flexibility index (Phi) is 3.63. The molecule has 0 saturated carbocycles. The third-order valence-corrected chi connectivity index (χ3v) is 2.90. The van der Waals surface area contributed by atoms with Crippen molar-refractivity contribution in [2.24, 2.45) is 0 Å². The SMILES string of the molecule is CNCc1ccc(Br)cc1-n1cc(Cl)cn1. The zero-order valence-corrected chi connectivity index (χ0v) is 11.1. The fourth-order valence-electron chi connectivity index (χ4n) is 1.52. The molecule has 0 aliphatic heterocycles. The third-order valence-electron chi connectivity index (χ3n) is 2.21. The van der Waals surface area contributed by atoms with E-state index in [4.69, 9.17) is 11.6 Å². The second-order valence-electron chi connectivity index (χ2n) is 3.41. The highest BCUT2D eigenvalue weighted by atomic mass is 79.9. The number of nitrogens with zero attached hydrogens (tertiary/aromatic N) is 2. The van der Waals surface area contributed by atoms with Crippen LogP contribution in [0.5, 0.6) is 0 Å². The summed E-state index contributed by atoms with van der Waals surface area (Å²) in [6, 6.07) is 6.10. The summed E-state index contributed by atoms with van der Waals surface area (Å²) in [5, 5.41) is 7.97. The van der Waals surface area contributed by atoms with Crippen LogP contribution >= 0.6 is 27.5 Å². The smallest absolute Gasteiger partial charge is 0.0790 e. The molecule has 3 nitrogen and oxygen atoms in total. The molecular formula is C11H11BrClN3. The van der Waals surface area contributed by atoms with Crippen LogP contribution in [0.25, 0.3) is 5.69 Å². The molecule has 0 bridgehead atoms. The van der Waals surface area contributed by atoms with Crippen molar-refractivity contribution in [2.45, 2.75) is 6.54 Å². The number of nitrogens with one attached hydrogen (secondary N) is 1. The fraction of sp³-hybridized carbons (Fsp3) is 0.182. The first-order valence-electron chi connectivity index (χ1n) is 4.84. The summed E-state index contributed by atoms with van der Waals surface area (Å²) in [6.07, 6.45) is 3.42. The van der Waals surface area contributed by atoms with E-state index in [0.29, 0.717) is 5.02 Å². The average molecular weight is 301 g/mol. The molecule has 84 valence electrons. The molecule has 0 spiro atoms. The molecule has 0 unspecified atom stereocenters. The first-order chi connectivity index (χ1) is 7.70. The van der Waals surface area contributed by atoms with Crippen LogP contribution < -0.4 is 5.32 Å². The molecule has 5 heteroatoms. The lowest BCUT2D eigenvalue weighted by Gasteiger charge is -2.09. The van der Waals surface area contributed by atoms with Gasteiger partial charge in [-0.3, -0.25) is 0 Å². The van der Waals surface area contributed by atoms with E-state index >= 15 is 0 Å². The number of hydrogen-bond donors (Lipinski definition) is 1. The molecule has 0 fully saturated rings. The molecular weight excluding hydrogens is 289 g/mol. The van der Waals surface area contributed by atoms with Crippen LogP contribution in [0.4, 0.5) is 0 Å². The molecule has 1 aromatic heterocycles. The largest absolute Gasteiger partial charge is 0.316 e. The van der Waals surface area contributed by atoms with Gasteiger partial charge in [-0.15, -0.1) is 0 Å². The van der Waals surface area contributed by atoms with Crippen LogP contribution in [0.2, 0.25) is 5.02 Å². The van der Waals surface area contributed by atoms with Gasteiger partial charge in [0.2, 0.25) is 0 Å². The van der Waals surface area contributed by atoms with Crippen LogP contribution in [0, 0.1) is 0 Å². The fourth-order valence-corrected chi connectivity index (χ4v) is 2.01. The van der Waals surface area contributed by atoms with Gasteiger partial charge in [0.1, 0.15) is 0 Å². The molecule has 0 aliphatic carbocycles. The minimum atomic E-state index is 0.635. The van der Waals surface area contributed by atoms with Crippen LogP contribution in [-0.4, -0.2) is 16.8 Å². The Labute approximate surface area is 108 Å². The molecule has 16 heavy (non-hydrogen) atoms. The van der Waals surface area contributed by atoms with E-state index in [-0.39, 0.29) is 0 Å². The lowest BCUT2D eigenvalue weighted by atomic mass is 10.2. The van der Waals surface area contributed by atoms with Gasteiger partial charge in [0.15, 0.2) is 0 Å². The van der Waals surface area contributed by atoms with E-state index in [1.165, 1.54) is 5.56 Å². The van der Waals surface area contributed by atoms with E-state index in [2.05, 4.69) is 32.4 Å². The Hall–Kier alpha value is -0.840. The maximum atomic E-state index is 5.87. The van der Waals surface area contributed by atoms with Gasteiger partial charge in [0.25, 0.3) is 0 Å². The van der Waals surface area contributed by atoms with Crippen LogP contribution in [0.15, 0.2) is 35.1 Å². The second-order valence-corrected chi connectivity index (χ2v) is 4.76. The number of hydrogen-bond acceptors (Lipinski definition) is 2. The van der Waals surface area contributed by atoms with E-state index in [1.807, 2.05) is 19.2 Å². The van der Waals surface area contributed by atoms with E-state index < -0.39 is 0 Å². The van der Waals surface area contributed by atoms with Crippen molar-refractivity contribution in [2.75, 3.05) is 7.05 Å². The maximum Gasteiger partial charge on any atom is 0.0790 e. The topological polar surface area (TPSA) is 29.9 Å². The third kappa shape index (κ3) is 2.45. The molecule has 0 saturated heterocycles. The summed E-state index contributed by atoms with van der Waals surface area (Å²) >= 11 is 9.33. The zero-order chi connectivity index (χ0) is 11.5. The van der Waals surface area contributed by atoms with Gasteiger partial charge in [-0.25, -0.2) is 4.68 Å². The minimum absolute atomic E-state index is 0.635. The van der Waals surface area contributed by atoms with Gasteiger partial charge in [-0.2, -0.15) is 5.10 Å². The Morgan fingerprint density at radius 1 is 1.50 bits per heavy atom. The van der Waals surface area contributed by atoms with Crippen LogP contribution in [0.3, 0.4) is 0 Å². The maximum absolute atomic E-state index is 5.87. The average Bonchev–Trinajstić information content (AvgIpc) is 2.68. The van der Waals surface area contributed by atoms with Crippen LogP contribution in [-0.2, 0) is 6.54 Å². The predicted molar refractivity (Wildman–Crippen MR) is 69.0 cm³/mol. The van der Waals surface area contributed by atoms with E-state index in [9.17, 15) is 0 Å². The minimum Gasteiger partial charge on any atom is -0.316 e. The Morgan fingerprint density at radius 3 is 2.94 bits per heavy atom. The van der Waals surface area contributed by atoms with Crippen molar-refractivity contribution >= 4 is 27.5 Å². The summed E-state index contributed by atoms with van der Waals surface area (Å²) in [4.78, 5) is 0. The van der Waals surface area contributed by atoms with Gasteiger partial charge in [-0.05, 0) is 24.7 Å². The molecule has 0 atom stereocenters. The standard InChI is InChI=1S/C11H11BrClN3/c1-14-5-8-2-3-9(12)4-11(8)16-7-10(13)6-15-16/h2-4,6-7,14H,5H2,1H3. The van der Waals surface area contributed by atoms with E-state index in [1.54, 1.807) is 17.1 Å². The lowest BCUT2D eigenvalue weighted by molar-refractivity contribution is 0.788. The monoisotopic (exact) mass is 299 g/mol. The highest BCUT2D eigenvalue weighted by molar-refractivity contribution is 9.10. The van der Waals surface area contributed by atoms with Gasteiger partial charge in [-0.1, -0.05) is 33.6 Å². The van der Waals surface area contributed by atoms with Gasteiger partial charge in [0, 0.05) is 17.2 Å². The summed E-state index contributed by atoms with van der Waals surface area (Å²) in [7, 11) is 1.92. The molecule has 1 N–H and O–H groups in total. The second kappa shape index (κ2) is 4.99. The molecule has 0 radical (unpaired) electrons. The van der Waals surface area contributed by atoms with Gasteiger partial charge >= 0.3 is 0 Å². The van der Waals surface area contributed by atoms with Crippen molar-refractivity contribution in [3.8, 4) is 5.69 Å². The Balaban J connectivity index is 2.48. The first kappa shape index (κ1) is 11.6. The van der Waals surface area contributed by atoms with Crippen LogP contribution in [0.1, 0.15) is 5.56 Å². The first-order valence-corrected chi connectivity index (χ1v) is 6.01. The van der Waals surface area contributed by atoms with Crippen molar-refractivity contribution in [3.05, 3.63) is 45.7 Å². The molecule has 1 heterocycles.